The van der Waals surface area contributed by atoms with Crippen LogP contribution in [-0.4, -0.2) is 68.7 Å². The summed E-state index contributed by atoms with van der Waals surface area (Å²) < 4.78 is 1.83. The normalized spacial score (nSPS) is 13.8. The molecule has 1 aliphatic heterocycles. The van der Waals surface area contributed by atoms with Gasteiger partial charge < -0.3 is 25.0 Å². The molecule has 1 fully saturated rings. The van der Waals surface area contributed by atoms with Crippen molar-refractivity contribution >= 4 is 40.2 Å². The Morgan fingerprint density at radius 3 is 2.57 bits per heavy atom. The standard InChI is InChI=1S/C26H28N10O/c1-4-18-13-23(32-26(37)29-15-21-14-27-17-35(21)3)31-24-22(18)16-28-25(33-24)30-19-5-7-20(8-6-19)36-11-9-34(2)10-12-36/h1,5-8,13-14,16-17H,9-12,15H2,2-3H3,(H3,28,29,30,31,32,33,37). The number of aryl methyl sites for hydroxylation is 1. The Labute approximate surface area is 214 Å². The molecule has 0 atom stereocenters. The fraction of sp³-hybridized carbons (Fsp3) is 0.269. The molecule has 4 heterocycles. The molecule has 1 aliphatic rings. The first kappa shape index (κ1) is 24.0. The molecule has 5 rings (SSSR count). The number of piperazine rings is 1. The van der Waals surface area contributed by atoms with Crippen LogP contribution in [-0.2, 0) is 13.6 Å². The number of pyridine rings is 1. The van der Waals surface area contributed by atoms with Crippen LogP contribution in [0.3, 0.4) is 0 Å². The van der Waals surface area contributed by atoms with Crippen molar-refractivity contribution in [1.82, 2.24) is 34.7 Å². The van der Waals surface area contributed by atoms with Gasteiger partial charge in [0.1, 0.15) is 5.82 Å². The fourth-order valence-electron chi connectivity index (χ4n) is 4.09. The summed E-state index contributed by atoms with van der Waals surface area (Å²) in [6, 6.07) is 9.41. The van der Waals surface area contributed by atoms with Gasteiger partial charge in [0.25, 0.3) is 0 Å². The van der Waals surface area contributed by atoms with E-state index >= 15 is 0 Å². The summed E-state index contributed by atoms with van der Waals surface area (Å²) >= 11 is 0. The van der Waals surface area contributed by atoms with Gasteiger partial charge in [-0.15, -0.1) is 6.42 Å². The zero-order chi connectivity index (χ0) is 25.8. The van der Waals surface area contributed by atoms with Crippen molar-refractivity contribution in [2.75, 3.05) is 48.8 Å². The van der Waals surface area contributed by atoms with Crippen LogP contribution in [0, 0.1) is 12.3 Å². The van der Waals surface area contributed by atoms with E-state index in [1.165, 1.54) is 5.69 Å². The van der Waals surface area contributed by atoms with E-state index in [-0.39, 0.29) is 0 Å². The maximum absolute atomic E-state index is 12.4. The molecular formula is C26H28N10O. The van der Waals surface area contributed by atoms with Crippen LogP contribution in [0.2, 0.25) is 0 Å². The van der Waals surface area contributed by atoms with E-state index in [1.54, 1.807) is 24.8 Å². The topological polar surface area (TPSA) is 116 Å². The van der Waals surface area contributed by atoms with Crippen LogP contribution in [0.1, 0.15) is 11.3 Å². The number of urea groups is 1. The number of fused-ring (bicyclic) bond motifs is 1. The molecule has 0 spiro atoms. The summed E-state index contributed by atoms with van der Waals surface area (Å²) in [5.74, 6) is 3.30. The van der Waals surface area contributed by atoms with Crippen LogP contribution >= 0.6 is 0 Å². The van der Waals surface area contributed by atoms with Gasteiger partial charge in [0.05, 0.1) is 24.0 Å². The molecule has 1 saturated heterocycles. The van der Waals surface area contributed by atoms with Crippen molar-refractivity contribution in [3.63, 3.8) is 0 Å². The number of likely N-dealkylation sites (N-methyl/N-ethyl adjacent to an activating group) is 1. The molecule has 3 N–H and O–H groups in total. The highest BCUT2D eigenvalue weighted by Crippen LogP contribution is 2.23. The van der Waals surface area contributed by atoms with E-state index in [0.717, 1.165) is 37.6 Å². The summed E-state index contributed by atoms with van der Waals surface area (Å²) in [5, 5.41) is 9.35. The van der Waals surface area contributed by atoms with E-state index in [4.69, 9.17) is 6.42 Å². The average molecular weight is 497 g/mol. The van der Waals surface area contributed by atoms with Crippen molar-refractivity contribution in [2.24, 2.45) is 7.05 Å². The number of amides is 2. The third-order valence-corrected chi connectivity index (χ3v) is 6.30. The van der Waals surface area contributed by atoms with E-state index < -0.39 is 6.03 Å². The van der Waals surface area contributed by atoms with Gasteiger partial charge in [-0.05, 0) is 37.4 Å². The first-order valence-corrected chi connectivity index (χ1v) is 11.9. The van der Waals surface area contributed by atoms with Gasteiger partial charge in [-0.1, -0.05) is 5.92 Å². The van der Waals surface area contributed by atoms with E-state index in [9.17, 15) is 4.79 Å². The van der Waals surface area contributed by atoms with Crippen LogP contribution < -0.4 is 20.9 Å². The largest absolute Gasteiger partial charge is 0.369 e. The van der Waals surface area contributed by atoms with E-state index in [0.29, 0.717) is 34.9 Å². The maximum atomic E-state index is 12.4. The number of terminal acetylenes is 1. The zero-order valence-corrected chi connectivity index (χ0v) is 20.8. The number of benzene rings is 1. The smallest absolute Gasteiger partial charge is 0.320 e. The van der Waals surface area contributed by atoms with Gasteiger partial charge in [0.15, 0.2) is 5.65 Å². The fourth-order valence-corrected chi connectivity index (χ4v) is 4.09. The van der Waals surface area contributed by atoms with Crippen molar-refractivity contribution in [1.29, 1.82) is 0 Å². The monoisotopic (exact) mass is 496 g/mol. The van der Waals surface area contributed by atoms with Gasteiger partial charge in [-0.3, -0.25) is 5.32 Å². The lowest BCUT2D eigenvalue weighted by molar-refractivity contribution is 0.251. The molecule has 1 aromatic carbocycles. The molecule has 0 radical (unpaired) electrons. The van der Waals surface area contributed by atoms with E-state index in [2.05, 4.69) is 70.8 Å². The second-order valence-corrected chi connectivity index (χ2v) is 8.90. The number of nitrogens with zero attached hydrogens (tertiary/aromatic N) is 7. The van der Waals surface area contributed by atoms with Gasteiger partial charge in [0.2, 0.25) is 5.95 Å². The molecule has 0 bridgehead atoms. The highest BCUT2D eigenvalue weighted by Gasteiger charge is 2.14. The minimum absolute atomic E-state index is 0.295. The predicted molar refractivity (Wildman–Crippen MR) is 144 cm³/mol. The lowest BCUT2D eigenvalue weighted by Gasteiger charge is -2.34. The summed E-state index contributed by atoms with van der Waals surface area (Å²) in [5.41, 5.74) is 3.83. The number of imidazole rings is 1. The Bertz CT molecular complexity index is 1450. The molecule has 11 nitrogen and oxygen atoms in total. The highest BCUT2D eigenvalue weighted by atomic mass is 16.2. The molecule has 4 aromatic rings. The maximum Gasteiger partial charge on any atom is 0.320 e. The molecule has 0 saturated carbocycles. The summed E-state index contributed by atoms with van der Waals surface area (Å²) in [6.45, 7) is 4.46. The van der Waals surface area contributed by atoms with E-state index in [1.807, 2.05) is 23.7 Å². The van der Waals surface area contributed by atoms with Gasteiger partial charge >= 0.3 is 6.03 Å². The Balaban J connectivity index is 1.29. The average Bonchev–Trinajstić information content (AvgIpc) is 3.32. The van der Waals surface area contributed by atoms with Crippen LogP contribution in [0.5, 0.6) is 0 Å². The number of hydrogen-bond donors (Lipinski definition) is 3. The van der Waals surface area contributed by atoms with Crippen molar-refractivity contribution in [2.45, 2.75) is 6.54 Å². The molecule has 3 aromatic heterocycles. The Morgan fingerprint density at radius 2 is 1.86 bits per heavy atom. The highest BCUT2D eigenvalue weighted by molar-refractivity contribution is 5.91. The third-order valence-electron chi connectivity index (χ3n) is 6.30. The summed E-state index contributed by atoms with van der Waals surface area (Å²) in [4.78, 5) is 34.6. The first-order valence-electron chi connectivity index (χ1n) is 11.9. The van der Waals surface area contributed by atoms with Crippen molar-refractivity contribution < 1.29 is 4.79 Å². The van der Waals surface area contributed by atoms with Gasteiger partial charge in [-0.2, -0.15) is 4.98 Å². The van der Waals surface area contributed by atoms with Crippen LogP contribution in [0.25, 0.3) is 11.0 Å². The Morgan fingerprint density at radius 1 is 1.08 bits per heavy atom. The lowest BCUT2D eigenvalue weighted by atomic mass is 10.2. The van der Waals surface area contributed by atoms with Crippen molar-refractivity contribution in [3.8, 4) is 12.3 Å². The Kier molecular flexibility index (Phi) is 6.83. The predicted octanol–water partition coefficient (Wildman–Crippen LogP) is 2.56. The molecule has 0 aliphatic carbocycles. The summed E-state index contributed by atoms with van der Waals surface area (Å²) in [6.07, 6.45) is 10.7. The number of carbonyl (C=O) groups excluding carboxylic acids is 1. The van der Waals surface area contributed by atoms with Gasteiger partial charge in [0, 0.05) is 62.6 Å². The number of hydrogen-bond acceptors (Lipinski definition) is 8. The molecule has 2 amide bonds. The number of aromatic nitrogens is 5. The van der Waals surface area contributed by atoms with Crippen LogP contribution in [0.4, 0.5) is 27.9 Å². The first-order chi connectivity index (χ1) is 18.0. The number of rotatable bonds is 6. The van der Waals surface area contributed by atoms with Crippen molar-refractivity contribution in [3.05, 3.63) is 60.3 Å². The lowest BCUT2D eigenvalue weighted by Crippen LogP contribution is -2.44. The Hall–Kier alpha value is -4.69. The number of nitrogens with one attached hydrogen (secondary N) is 3. The number of anilines is 4. The number of carbonyl (C=O) groups is 1. The summed E-state index contributed by atoms with van der Waals surface area (Å²) in [7, 11) is 4.01. The molecule has 37 heavy (non-hydrogen) atoms. The second-order valence-electron chi connectivity index (χ2n) is 8.90. The SMILES string of the molecule is C#Cc1cc(NC(=O)NCc2cncn2C)nc2nc(Nc3ccc(N4CCN(C)CC4)cc3)ncc12. The van der Waals surface area contributed by atoms with Gasteiger partial charge in [-0.25, -0.2) is 19.7 Å². The minimum atomic E-state index is -0.413. The third kappa shape index (κ3) is 5.60. The van der Waals surface area contributed by atoms with Crippen LogP contribution in [0.15, 0.2) is 49.1 Å². The molecular weight excluding hydrogens is 468 g/mol. The minimum Gasteiger partial charge on any atom is -0.369 e. The molecule has 11 heteroatoms. The molecule has 188 valence electrons. The second kappa shape index (κ2) is 10.5. The quantitative estimate of drug-likeness (QED) is 0.349. The zero-order valence-electron chi connectivity index (χ0n) is 20.8. The molecule has 0 unspecified atom stereocenters.